The Labute approximate surface area is 116 Å². The summed E-state index contributed by atoms with van der Waals surface area (Å²) in [7, 11) is 0. The van der Waals surface area contributed by atoms with E-state index in [1.165, 1.54) is 0 Å². The van der Waals surface area contributed by atoms with Crippen LogP contribution in [0.4, 0.5) is 0 Å². The monoisotopic (exact) mass is 272 g/mol. The van der Waals surface area contributed by atoms with Crippen molar-refractivity contribution in [2.45, 2.75) is 53.0 Å². The van der Waals surface area contributed by atoms with E-state index in [4.69, 9.17) is 4.74 Å². The minimum atomic E-state index is -0.304. The van der Waals surface area contributed by atoms with Gasteiger partial charge in [-0.15, -0.1) is 0 Å². The maximum Gasteiger partial charge on any atom is 0.320 e. The number of carbonyl (C=O) groups is 2. The zero-order valence-electron chi connectivity index (χ0n) is 12.7. The van der Waals surface area contributed by atoms with Crippen LogP contribution < -0.4 is 5.32 Å². The Hall–Kier alpha value is -1.10. The van der Waals surface area contributed by atoms with E-state index < -0.39 is 0 Å². The molecule has 0 saturated heterocycles. The molecule has 0 rings (SSSR count). The van der Waals surface area contributed by atoms with E-state index in [2.05, 4.69) is 12.2 Å². The van der Waals surface area contributed by atoms with E-state index in [1.54, 1.807) is 6.92 Å². The van der Waals surface area contributed by atoms with Crippen LogP contribution in [-0.4, -0.2) is 49.1 Å². The fraction of sp³-hybridized carbons (Fsp3) is 0.857. The van der Waals surface area contributed by atoms with Crippen molar-refractivity contribution in [2.24, 2.45) is 0 Å². The number of unbranched alkanes of at least 4 members (excludes halogenated alkanes) is 1. The van der Waals surface area contributed by atoms with Crippen molar-refractivity contribution in [1.82, 2.24) is 10.2 Å². The second-order valence-corrected chi connectivity index (χ2v) is 4.60. The molecular weight excluding hydrogens is 244 g/mol. The normalized spacial score (nSPS) is 12.3. The molecule has 1 unspecified atom stereocenters. The molecule has 19 heavy (non-hydrogen) atoms. The summed E-state index contributed by atoms with van der Waals surface area (Å²) in [6, 6.07) is -0.304. The summed E-state index contributed by atoms with van der Waals surface area (Å²) < 4.78 is 4.93. The fourth-order valence-electron chi connectivity index (χ4n) is 1.77. The first-order chi connectivity index (χ1) is 9.06. The average Bonchev–Trinajstić information content (AvgIpc) is 2.38. The molecule has 0 aliphatic rings. The molecule has 0 spiro atoms. The number of rotatable bonds is 10. The minimum Gasteiger partial charge on any atom is -0.465 e. The van der Waals surface area contributed by atoms with Crippen LogP contribution in [0.1, 0.15) is 47.0 Å². The molecule has 0 radical (unpaired) electrons. The third-order valence-corrected chi connectivity index (χ3v) is 2.91. The molecule has 5 heteroatoms. The van der Waals surface area contributed by atoms with Crippen molar-refractivity contribution in [3.05, 3.63) is 0 Å². The lowest BCUT2D eigenvalue weighted by Crippen LogP contribution is -2.47. The standard InChI is InChI=1S/C14H28N2O3/c1-5-8-9-15-14(18)12(4)16(10-6-2)11-13(17)19-7-3/h12H,5-11H2,1-4H3,(H,15,18). The highest BCUT2D eigenvalue weighted by Gasteiger charge is 2.22. The van der Waals surface area contributed by atoms with Crippen molar-refractivity contribution < 1.29 is 14.3 Å². The number of amides is 1. The third-order valence-electron chi connectivity index (χ3n) is 2.91. The minimum absolute atomic E-state index is 0.0220. The van der Waals surface area contributed by atoms with Gasteiger partial charge in [-0.05, 0) is 33.2 Å². The van der Waals surface area contributed by atoms with Gasteiger partial charge in [0.25, 0.3) is 0 Å². The maximum atomic E-state index is 12.0. The van der Waals surface area contributed by atoms with Crippen molar-refractivity contribution in [1.29, 1.82) is 0 Å². The Morgan fingerprint density at radius 1 is 1.21 bits per heavy atom. The highest BCUT2D eigenvalue weighted by molar-refractivity contribution is 5.82. The van der Waals surface area contributed by atoms with Gasteiger partial charge < -0.3 is 10.1 Å². The van der Waals surface area contributed by atoms with E-state index in [1.807, 2.05) is 18.7 Å². The van der Waals surface area contributed by atoms with Gasteiger partial charge in [-0.1, -0.05) is 20.3 Å². The van der Waals surface area contributed by atoms with Crippen molar-refractivity contribution >= 4 is 11.9 Å². The number of hydrogen-bond donors (Lipinski definition) is 1. The van der Waals surface area contributed by atoms with Crippen LogP contribution in [0.25, 0.3) is 0 Å². The first-order valence-electron chi connectivity index (χ1n) is 7.24. The Bertz CT molecular complexity index is 269. The van der Waals surface area contributed by atoms with Crippen LogP contribution in [-0.2, 0) is 14.3 Å². The molecule has 0 saturated carbocycles. The molecular formula is C14H28N2O3. The Balaban J connectivity index is 4.33. The van der Waals surface area contributed by atoms with E-state index in [0.29, 0.717) is 19.7 Å². The van der Waals surface area contributed by atoms with Gasteiger partial charge in [0.2, 0.25) is 5.91 Å². The lowest BCUT2D eigenvalue weighted by molar-refractivity contribution is -0.145. The SMILES string of the molecule is CCCCNC(=O)C(C)N(CCC)CC(=O)OCC. The largest absolute Gasteiger partial charge is 0.465 e. The van der Waals surface area contributed by atoms with Crippen LogP contribution in [0.15, 0.2) is 0 Å². The van der Waals surface area contributed by atoms with Gasteiger partial charge in [-0.25, -0.2) is 0 Å². The summed E-state index contributed by atoms with van der Waals surface area (Å²) in [5.74, 6) is -0.296. The fourth-order valence-corrected chi connectivity index (χ4v) is 1.77. The lowest BCUT2D eigenvalue weighted by atomic mass is 10.2. The molecule has 0 aromatic heterocycles. The van der Waals surface area contributed by atoms with Crippen molar-refractivity contribution in [3.63, 3.8) is 0 Å². The second-order valence-electron chi connectivity index (χ2n) is 4.60. The van der Waals surface area contributed by atoms with E-state index in [9.17, 15) is 9.59 Å². The smallest absolute Gasteiger partial charge is 0.320 e. The van der Waals surface area contributed by atoms with Gasteiger partial charge in [-0.3, -0.25) is 14.5 Å². The molecule has 0 fully saturated rings. The van der Waals surface area contributed by atoms with Gasteiger partial charge in [0.1, 0.15) is 0 Å². The predicted molar refractivity (Wildman–Crippen MR) is 75.9 cm³/mol. The number of carbonyl (C=O) groups excluding carboxylic acids is 2. The summed E-state index contributed by atoms with van der Waals surface area (Å²) in [6.45, 7) is 9.67. The van der Waals surface area contributed by atoms with Gasteiger partial charge in [-0.2, -0.15) is 0 Å². The molecule has 1 amide bonds. The molecule has 5 nitrogen and oxygen atoms in total. The van der Waals surface area contributed by atoms with Gasteiger partial charge in [0.05, 0.1) is 19.2 Å². The highest BCUT2D eigenvalue weighted by atomic mass is 16.5. The number of esters is 1. The van der Waals surface area contributed by atoms with Gasteiger partial charge in [0.15, 0.2) is 0 Å². The van der Waals surface area contributed by atoms with E-state index >= 15 is 0 Å². The number of nitrogens with zero attached hydrogens (tertiary/aromatic N) is 1. The van der Waals surface area contributed by atoms with E-state index in [0.717, 1.165) is 19.3 Å². The molecule has 0 aliphatic carbocycles. The van der Waals surface area contributed by atoms with E-state index in [-0.39, 0.29) is 24.5 Å². The molecule has 112 valence electrons. The average molecular weight is 272 g/mol. The molecule has 0 bridgehead atoms. The molecule has 0 heterocycles. The third kappa shape index (κ3) is 7.82. The molecule has 1 N–H and O–H groups in total. The second kappa shape index (κ2) is 10.8. The zero-order valence-corrected chi connectivity index (χ0v) is 12.7. The Morgan fingerprint density at radius 3 is 2.42 bits per heavy atom. The first-order valence-corrected chi connectivity index (χ1v) is 7.24. The Kier molecular flexibility index (Phi) is 10.2. The first kappa shape index (κ1) is 17.9. The molecule has 0 aliphatic heterocycles. The van der Waals surface area contributed by atoms with Crippen LogP contribution >= 0.6 is 0 Å². The lowest BCUT2D eigenvalue weighted by Gasteiger charge is -2.26. The molecule has 0 aromatic carbocycles. The summed E-state index contributed by atoms with van der Waals surface area (Å²) in [6.07, 6.45) is 2.92. The van der Waals surface area contributed by atoms with Crippen molar-refractivity contribution in [3.8, 4) is 0 Å². The van der Waals surface area contributed by atoms with Crippen LogP contribution in [0.3, 0.4) is 0 Å². The van der Waals surface area contributed by atoms with Gasteiger partial charge in [0, 0.05) is 6.54 Å². The summed E-state index contributed by atoms with van der Waals surface area (Å²) >= 11 is 0. The molecule has 0 aromatic rings. The summed E-state index contributed by atoms with van der Waals surface area (Å²) in [5.41, 5.74) is 0. The zero-order chi connectivity index (χ0) is 14.7. The maximum absolute atomic E-state index is 12.0. The quantitative estimate of drug-likeness (QED) is 0.484. The predicted octanol–water partition coefficient (Wildman–Crippen LogP) is 1.57. The number of hydrogen-bond acceptors (Lipinski definition) is 4. The molecule has 1 atom stereocenters. The van der Waals surface area contributed by atoms with Gasteiger partial charge >= 0.3 is 5.97 Å². The summed E-state index contributed by atoms with van der Waals surface area (Å²) in [4.78, 5) is 25.3. The Morgan fingerprint density at radius 2 is 1.89 bits per heavy atom. The topological polar surface area (TPSA) is 58.6 Å². The van der Waals surface area contributed by atoms with Crippen LogP contribution in [0.5, 0.6) is 0 Å². The number of ether oxygens (including phenoxy) is 1. The highest BCUT2D eigenvalue weighted by Crippen LogP contribution is 2.02. The van der Waals surface area contributed by atoms with Crippen LogP contribution in [0, 0.1) is 0 Å². The summed E-state index contributed by atoms with van der Waals surface area (Å²) in [5, 5.41) is 2.89. The van der Waals surface area contributed by atoms with Crippen molar-refractivity contribution in [2.75, 3.05) is 26.2 Å². The number of nitrogens with one attached hydrogen (secondary N) is 1. The van der Waals surface area contributed by atoms with Crippen LogP contribution in [0.2, 0.25) is 0 Å².